The number of anilines is 2. The number of nitrogens with one attached hydrogen (secondary N) is 2. The summed E-state index contributed by atoms with van der Waals surface area (Å²) in [7, 11) is 0. The normalized spacial score (nSPS) is 16.3. The molecule has 4 heterocycles. The van der Waals surface area contributed by atoms with Crippen LogP contribution in [0.5, 0.6) is 11.5 Å². The lowest BCUT2D eigenvalue weighted by Crippen LogP contribution is -2.15. The van der Waals surface area contributed by atoms with Gasteiger partial charge in [-0.1, -0.05) is 17.3 Å². The number of hydrogen-bond donors (Lipinski definition) is 2. The maximum atomic E-state index is 6.38. The Morgan fingerprint density at radius 1 is 1.09 bits per heavy atom. The lowest BCUT2D eigenvalue weighted by atomic mass is 9.96. The monoisotopic (exact) mass is 472 g/mol. The molecule has 1 aromatic carbocycles. The minimum Gasteiger partial charge on any atom is -0.454 e. The van der Waals surface area contributed by atoms with E-state index in [1.54, 1.807) is 6.20 Å². The summed E-state index contributed by atoms with van der Waals surface area (Å²) < 4.78 is 14.0. The summed E-state index contributed by atoms with van der Waals surface area (Å²) in [5.41, 5.74) is 3.19. The largest absolute Gasteiger partial charge is 0.454 e. The summed E-state index contributed by atoms with van der Waals surface area (Å²) in [6.07, 6.45) is 9.70. The van der Waals surface area contributed by atoms with Crippen LogP contribution in [0.3, 0.4) is 0 Å². The minimum atomic E-state index is 0.369. The molecule has 0 spiro atoms. The molecule has 1 aliphatic carbocycles. The van der Waals surface area contributed by atoms with Crippen LogP contribution in [-0.2, 0) is 17.6 Å². The zero-order valence-corrected chi connectivity index (χ0v) is 19.4. The summed E-state index contributed by atoms with van der Waals surface area (Å²) in [5.74, 6) is 3.37. The number of aromatic amines is 1. The van der Waals surface area contributed by atoms with Gasteiger partial charge in [0.15, 0.2) is 11.6 Å². The molecular formula is C25H28N8O2. The number of rotatable bonds is 9. The topological polar surface area (TPSA) is 116 Å². The molecule has 2 N–H and O–H groups in total. The summed E-state index contributed by atoms with van der Waals surface area (Å²) in [5, 5.41) is 22.5. The van der Waals surface area contributed by atoms with Gasteiger partial charge in [0.1, 0.15) is 17.3 Å². The Hall–Kier alpha value is -3.79. The van der Waals surface area contributed by atoms with Gasteiger partial charge >= 0.3 is 0 Å². The molecule has 2 fully saturated rings. The summed E-state index contributed by atoms with van der Waals surface area (Å²) in [6, 6.07) is 12.6. The van der Waals surface area contributed by atoms with E-state index in [0.29, 0.717) is 17.8 Å². The second kappa shape index (κ2) is 9.83. The predicted octanol–water partition coefficient (Wildman–Crippen LogP) is 4.34. The molecule has 180 valence electrons. The Bertz CT molecular complexity index is 1260. The lowest BCUT2D eigenvalue weighted by Gasteiger charge is -2.21. The second-order valence-electron chi connectivity index (χ2n) is 9.11. The van der Waals surface area contributed by atoms with Crippen LogP contribution in [0.25, 0.3) is 0 Å². The summed E-state index contributed by atoms with van der Waals surface area (Å²) in [6.45, 7) is 1.55. The summed E-state index contributed by atoms with van der Waals surface area (Å²) >= 11 is 0. The van der Waals surface area contributed by atoms with Crippen molar-refractivity contribution >= 4 is 11.5 Å². The molecule has 1 aliphatic heterocycles. The van der Waals surface area contributed by atoms with E-state index in [1.807, 2.05) is 24.3 Å². The third-order valence-electron chi connectivity index (χ3n) is 6.44. The molecule has 3 aromatic heterocycles. The van der Waals surface area contributed by atoms with Gasteiger partial charge in [-0.05, 0) is 55.9 Å². The first kappa shape index (κ1) is 21.7. The standard InChI is InChI=1S/C25H28N8O2/c1-2-17(4-7-23-28-31-32-29-23)14-19(3-1)27-24-15-21(8-11-26-24)35-22-16-33(20-5-6-20)30-25(22)18-9-12-34-13-10-18/h1-3,8,11,14-16,18,20H,4-7,9-10,12-13H2,(H,26,27)(H,28,29,31,32). The van der Waals surface area contributed by atoms with Gasteiger partial charge < -0.3 is 14.8 Å². The van der Waals surface area contributed by atoms with Crippen LogP contribution in [0.1, 0.15) is 54.7 Å². The van der Waals surface area contributed by atoms with Gasteiger partial charge in [-0.2, -0.15) is 10.3 Å². The molecule has 0 amide bonds. The fourth-order valence-electron chi connectivity index (χ4n) is 4.41. The highest BCUT2D eigenvalue weighted by molar-refractivity contribution is 5.58. The molecule has 10 heteroatoms. The minimum absolute atomic E-state index is 0.369. The number of ether oxygens (including phenoxy) is 2. The first-order chi connectivity index (χ1) is 17.3. The predicted molar refractivity (Wildman–Crippen MR) is 129 cm³/mol. The Morgan fingerprint density at radius 2 is 2.00 bits per heavy atom. The zero-order valence-electron chi connectivity index (χ0n) is 19.4. The van der Waals surface area contributed by atoms with Gasteiger partial charge in [-0.3, -0.25) is 4.68 Å². The highest BCUT2D eigenvalue weighted by Gasteiger charge is 2.29. The van der Waals surface area contributed by atoms with Crippen molar-refractivity contribution in [2.24, 2.45) is 0 Å². The molecule has 0 atom stereocenters. The molecule has 1 saturated carbocycles. The number of benzene rings is 1. The van der Waals surface area contributed by atoms with Crippen molar-refractivity contribution in [2.45, 2.75) is 50.5 Å². The first-order valence-electron chi connectivity index (χ1n) is 12.2. The number of pyridine rings is 1. The van der Waals surface area contributed by atoms with Crippen molar-refractivity contribution in [3.63, 3.8) is 0 Å². The molecule has 10 nitrogen and oxygen atoms in total. The van der Waals surface area contributed by atoms with E-state index in [2.05, 4.69) is 53.9 Å². The third kappa shape index (κ3) is 5.32. The van der Waals surface area contributed by atoms with Crippen molar-refractivity contribution in [3.05, 3.63) is 65.9 Å². The van der Waals surface area contributed by atoms with Crippen LogP contribution >= 0.6 is 0 Å². The average molecular weight is 473 g/mol. The van der Waals surface area contributed by atoms with E-state index in [9.17, 15) is 0 Å². The molecule has 0 unspecified atom stereocenters. The average Bonchev–Trinajstić information content (AvgIpc) is 3.44. The second-order valence-corrected chi connectivity index (χ2v) is 9.11. The van der Waals surface area contributed by atoms with Gasteiger partial charge in [-0.15, -0.1) is 10.2 Å². The quantitative estimate of drug-likeness (QED) is 0.370. The maximum absolute atomic E-state index is 6.38. The third-order valence-corrected chi connectivity index (χ3v) is 6.44. The number of hydrogen-bond acceptors (Lipinski definition) is 8. The van der Waals surface area contributed by atoms with Crippen molar-refractivity contribution in [1.29, 1.82) is 0 Å². The number of aryl methyl sites for hydroxylation is 2. The molecule has 0 bridgehead atoms. The number of aromatic nitrogens is 7. The first-order valence-corrected chi connectivity index (χ1v) is 12.2. The van der Waals surface area contributed by atoms with Gasteiger partial charge in [0.25, 0.3) is 0 Å². The van der Waals surface area contributed by atoms with Crippen LogP contribution in [0.4, 0.5) is 11.5 Å². The van der Waals surface area contributed by atoms with E-state index in [4.69, 9.17) is 14.6 Å². The number of nitrogens with zero attached hydrogens (tertiary/aromatic N) is 6. The Kier molecular flexibility index (Phi) is 6.10. The van der Waals surface area contributed by atoms with Crippen molar-refractivity contribution in [3.8, 4) is 11.5 Å². The molecule has 4 aromatic rings. The maximum Gasteiger partial charge on any atom is 0.174 e. The van der Waals surface area contributed by atoms with Gasteiger partial charge in [0.05, 0.1) is 12.2 Å². The molecule has 1 saturated heterocycles. The van der Waals surface area contributed by atoms with Gasteiger partial charge in [0.2, 0.25) is 0 Å². The van der Waals surface area contributed by atoms with Crippen molar-refractivity contribution in [2.75, 3.05) is 18.5 Å². The fraction of sp³-hybridized carbons (Fsp3) is 0.400. The van der Waals surface area contributed by atoms with E-state index in [1.165, 1.54) is 18.4 Å². The summed E-state index contributed by atoms with van der Waals surface area (Å²) in [4.78, 5) is 4.49. The molecular weight excluding hydrogens is 444 g/mol. The Labute approximate surface area is 203 Å². The number of tetrazole rings is 1. The van der Waals surface area contributed by atoms with E-state index < -0.39 is 0 Å². The van der Waals surface area contributed by atoms with Gasteiger partial charge in [-0.25, -0.2) is 4.98 Å². The van der Waals surface area contributed by atoms with E-state index >= 15 is 0 Å². The fourth-order valence-corrected chi connectivity index (χ4v) is 4.41. The molecule has 0 radical (unpaired) electrons. The lowest BCUT2D eigenvalue weighted by molar-refractivity contribution is 0.0839. The van der Waals surface area contributed by atoms with Crippen LogP contribution in [0.15, 0.2) is 48.8 Å². The van der Waals surface area contributed by atoms with Crippen LogP contribution in [-0.4, -0.2) is 48.6 Å². The zero-order chi connectivity index (χ0) is 23.5. The SMILES string of the molecule is c1cc(CCc2nn[nH]n2)cc(Nc2cc(Oc3cn(C4CC4)nc3C3CCOCC3)ccn2)c1. The smallest absolute Gasteiger partial charge is 0.174 e. The Morgan fingerprint density at radius 3 is 2.83 bits per heavy atom. The van der Waals surface area contributed by atoms with Crippen molar-refractivity contribution in [1.82, 2.24) is 35.4 Å². The highest BCUT2D eigenvalue weighted by Crippen LogP contribution is 2.40. The van der Waals surface area contributed by atoms with Gasteiger partial charge in [0, 0.05) is 43.5 Å². The van der Waals surface area contributed by atoms with Crippen LogP contribution < -0.4 is 10.1 Å². The van der Waals surface area contributed by atoms with E-state index in [-0.39, 0.29) is 0 Å². The van der Waals surface area contributed by atoms with Crippen LogP contribution in [0, 0.1) is 0 Å². The van der Waals surface area contributed by atoms with Crippen LogP contribution in [0.2, 0.25) is 0 Å². The molecule has 2 aliphatic rings. The van der Waals surface area contributed by atoms with Crippen molar-refractivity contribution < 1.29 is 9.47 Å². The molecule has 35 heavy (non-hydrogen) atoms. The molecule has 6 rings (SSSR count). The van der Waals surface area contributed by atoms with E-state index in [0.717, 1.165) is 67.6 Å². The number of H-pyrrole nitrogens is 1. The highest BCUT2D eigenvalue weighted by atomic mass is 16.5. The Balaban J connectivity index is 1.16.